The quantitative estimate of drug-likeness (QED) is 0.395. The molecule has 3 aromatic carbocycles. The summed E-state index contributed by atoms with van der Waals surface area (Å²) >= 11 is 1.29. The van der Waals surface area contributed by atoms with Crippen LogP contribution in [0.5, 0.6) is 0 Å². The highest BCUT2D eigenvalue weighted by Crippen LogP contribution is 2.24. The summed E-state index contributed by atoms with van der Waals surface area (Å²) in [6.45, 7) is 2.42. The van der Waals surface area contributed by atoms with Crippen LogP contribution in [-0.4, -0.2) is 30.8 Å². The highest BCUT2D eigenvalue weighted by molar-refractivity contribution is 7.99. The fourth-order valence-corrected chi connectivity index (χ4v) is 4.55. The molecule has 1 amide bonds. The molecule has 0 radical (unpaired) electrons. The second-order valence-electron chi connectivity index (χ2n) is 7.61. The summed E-state index contributed by atoms with van der Waals surface area (Å²) in [4.78, 5) is 25.9. The Kier molecular flexibility index (Phi) is 5.66. The van der Waals surface area contributed by atoms with Crippen LogP contribution in [0, 0.1) is 6.92 Å². The number of amides is 1. The number of aryl methyl sites for hydroxylation is 1. The zero-order valence-electron chi connectivity index (χ0n) is 17.9. The maximum Gasteiger partial charge on any atom is 0.267 e. The van der Waals surface area contributed by atoms with E-state index in [0.717, 1.165) is 16.8 Å². The Bertz CT molecular complexity index is 1520. The number of para-hydroxylation sites is 2. The normalized spacial score (nSPS) is 11.2. The SMILES string of the molecule is Cc1ccccc1-n1c(=O)c2ccccc2n2c(SCC(=O)NCc3ccccc3)nnc12. The molecule has 2 heterocycles. The molecule has 0 unspecified atom stereocenters. The standard InChI is InChI=1S/C25H21N5O2S/c1-17-9-5-7-13-20(17)29-23(32)19-12-6-8-14-21(19)30-24(29)27-28-25(30)33-16-22(31)26-15-18-10-3-2-4-11-18/h2-14H,15-16H2,1H3,(H,26,31). The number of thioether (sulfide) groups is 1. The fraction of sp³-hybridized carbons (Fsp3) is 0.120. The molecule has 5 rings (SSSR count). The largest absolute Gasteiger partial charge is 0.351 e. The number of aromatic nitrogens is 4. The Morgan fingerprint density at radius 2 is 1.67 bits per heavy atom. The van der Waals surface area contributed by atoms with Gasteiger partial charge in [-0.05, 0) is 36.2 Å². The molecule has 0 aliphatic heterocycles. The molecular formula is C25H21N5O2S. The van der Waals surface area contributed by atoms with Crippen molar-refractivity contribution in [2.45, 2.75) is 18.6 Å². The Morgan fingerprint density at radius 3 is 2.48 bits per heavy atom. The smallest absolute Gasteiger partial charge is 0.267 e. The molecule has 5 aromatic rings. The molecule has 0 saturated heterocycles. The lowest BCUT2D eigenvalue weighted by molar-refractivity contribution is -0.118. The second-order valence-corrected chi connectivity index (χ2v) is 8.56. The van der Waals surface area contributed by atoms with Gasteiger partial charge in [0.25, 0.3) is 5.56 Å². The Labute approximate surface area is 194 Å². The fourth-order valence-electron chi connectivity index (χ4n) is 3.78. The van der Waals surface area contributed by atoms with Crippen molar-refractivity contribution in [2.24, 2.45) is 0 Å². The van der Waals surface area contributed by atoms with Crippen LogP contribution in [0.25, 0.3) is 22.4 Å². The van der Waals surface area contributed by atoms with Crippen LogP contribution < -0.4 is 10.9 Å². The van der Waals surface area contributed by atoms with Crippen molar-refractivity contribution in [2.75, 3.05) is 5.75 Å². The molecule has 1 N–H and O–H groups in total. The van der Waals surface area contributed by atoms with E-state index in [2.05, 4.69) is 15.5 Å². The van der Waals surface area contributed by atoms with Gasteiger partial charge < -0.3 is 5.32 Å². The number of hydrogen-bond acceptors (Lipinski definition) is 5. The van der Waals surface area contributed by atoms with Gasteiger partial charge in [0.2, 0.25) is 11.7 Å². The van der Waals surface area contributed by atoms with Gasteiger partial charge in [-0.2, -0.15) is 0 Å². The predicted molar refractivity (Wildman–Crippen MR) is 130 cm³/mol. The van der Waals surface area contributed by atoms with Gasteiger partial charge in [-0.15, -0.1) is 10.2 Å². The summed E-state index contributed by atoms with van der Waals surface area (Å²) in [5, 5.41) is 12.7. The van der Waals surface area contributed by atoms with Gasteiger partial charge in [-0.3, -0.25) is 14.0 Å². The van der Waals surface area contributed by atoms with Gasteiger partial charge in [0, 0.05) is 6.54 Å². The van der Waals surface area contributed by atoms with Gasteiger partial charge in [-0.25, -0.2) is 4.57 Å². The lowest BCUT2D eigenvalue weighted by Crippen LogP contribution is -2.24. The Morgan fingerprint density at radius 1 is 0.939 bits per heavy atom. The van der Waals surface area contributed by atoms with Crippen molar-refractivity contribution in [3.05, 3.63) is 100 Å². The molecule has 0 aliphatic rings. The minimum absolute atomic E-state index is 0.0999. The van der Waals surface area contributed by atoms with Crippen molar-refractivity contribution < 1.29 is 4.79 Å². The maximum absolute atomic E-state index is 13.4. The molecule has 164 valence electrons. The van der Waals surface area contributed by atoms with Crippen molar-refractivity contribution >= 4 is 34.3 Å². The van der Waals surface area contributed by atoms with Crippen LogP contribution in [0.15, 0.2) is 88.8 Å². The molecule has 7 nitrogen and oxygen atoms in total. The summed E-state index contributed by atoms with van der Waals surface area (Å²) in [6, 6.07) is 24.8. The number of rotatable bonds is 6. The lowest BCUT2D eigenvalue weighted by atomic mass is 10.2. The van der Waals surface area contributed by atoms with E-state index in [1.165, 1.54) is 11.8 Å². The lowest BCUT2D eigenvalue weighted by Gasteiger charge is -2.13. The zero-order chi connectivity index (χ0) is 22.8. The third kappa shape index (κ3) is 4.01. The van der Waals surface area contributed by atoms with Crippen molar-refractivity contribution in [1.82, 2.24) is 24.5 Å². The average molecular weight is 456 g/mol. The summed E-state index contributed by atoms with van der Waals surface area (Å²) in [7, 11) is 0. The molecular weight excluding hydrogens is 434 g/mol. The first-order valence-corrected chi connectivity index (χ1v) is 11.5. The number of nitrogens with zero attached hydrogens (tertiary/aromatic N) is 4. The van der Waals surface area contributed by atoms with E-state index in [9.17, 15) is 9.59 Å². The summed E-state index contributed by atoms with van der Waals surface area (Å²) in [6.07, 6.45) is 0. The third-order valence-corrected chi connectivity index (χ3v) is 6.34. The molecule has 0 fully saturated rings. The van der Waals surface area contributed by atoms with Crippen LogP contribution in [0.2, 0.25) is 0 Å². The van der Waals surface area contributed by atoms with E-state index in [0.29, 0.717) is 28.4 Å². The first-order valence-electron chi connectivity index (χ1n) is 10.5. The Balaban J connectivity index is 1.51. The number of hydrogen-bond donors (Lipinski definition) is 1. The minimum Gasteiger partial charge on any atom is -0.351 e. The number of nitrogens with one attached hydrogen (secondary N) is 1. The number of fused-ring (bicyclic) bond motifs is 3. The molecule has 0 aliphatic carbocycles. The molecule has 0 saturated carbocycles. The van der Waals surface area contributed by atoms with Crippen LogP contribution >= 0.6 is 11.8 Å². The van der Waals surface area contributed by atoms with Crippen LogP contribution in [-0.2, 0) is 11.3 Å². The summed E-state index contributed by atoms with van der Waals surface area (Å²) in [5.74, 6) is 0.503. The predicted octanol–water partition coefficient (Wildman–Crippen LogP) is 3.75. The first-order chi connectivity index (χ1) is 16.1. The molecule has 8 heteroatoms. The van der Waals surface area contributed by atoms with Gasteiger partial charge in [0.15, 0.2) is 5.16 Å². The van der Waals surface area contributed by atoms with E-state index in [-0.39, 0.29) is 17.2 Å². The summed E-state index contributed by atoms with van der Waals surface area (Å²) in [5.41, 5.74) is 3.30. The van der Waals surface area contributed by atoms with Crippen molar-refractivity contribution in [3.63, 3.8) is 0 Å². The van der Waals surface area contributed by atoms with Crippen molar-refractivity contribution in [1.29, 1.82) is 0 Å². The second kappa shape index (κ2) is 8.91. The third-order valence-electron chi connectivity index (χ3n) is 5.42. The average Bonchev–Trinajstić information content (AvgIpc) is 3.27. The monoisotopic (exact) mass is 455 g/mol. The first kappa shape index (κ1) is 21.0. The minimum atomic E-state index is -0.156. The summed E-state index contributed by atoms with van der Waals surface area (Å²) < 4.78 is 3.43. The van der Waals surface area contributed by atoms with Crippen molar-refractivity contribution in [3.8, 4) is 5.69 Å². The molecule has 33 heavy (non-hydrogen) atoms. The highest BCUT2D eigenvalue weighted by Gasteiger charge is 2.19. The molecule has 0 spiro atoms. The van der Waals surface area contributed by atoms with Gasteiger partial charge >= 0.3 is 0 Å². The zero-order valence-corrected chi connectivity index (χ0v) is 18.7. The molecule has 0 bridgehead atoms. The van der Waals surface area contributed by atoms with E-state index in [4.69, 9.17) is 0 Å². The van der Waals surface area contributed by atoms with Gasteiger partial charge in [0.1, 0.15) is 0 Å². The van der Waals surface area contributed by atoms with E-state index >= 15 is 0 Å². The molecule has 2 aromatic heterocycles. The van der Waals surface area contributed by atoms with Crippen LogP contribution in [0.1, 0.15) is 11.1 Å². The van der Waals surface area contributed by atoms with Gasteiger partial charge in [0.05, 0.1) is 22.3 Å². The topological polar surface area (TPSA) is 81.3 Å². The van der Waals surface area contributed by atoms with E-state index in [1.807, 2.05) is 84.1 Å². The maximum atomic E-state index is 13.4. The van der Waals surface area contributed by atoms with E-state index in [1.54, 1.807) is 10.6 Å². The number of benzene rings is 3. The van der Waals surface area contributed by atoms with E-state index < -0.39 is 0 Å². The Hall–Kier alpha value is -3.91. The van der Waals surface area contributed by atoms with Crippen LogP contribution in [0.3, 0.4) is 0 Å². The highest BCUT2D eigenvalue weighted by atomic mass is 32.2. The number of carbonyl (C=O) groups excluding carboxylic acids is 1. The molecule has 0 atom stereocenters. The number of carbonyl (C=O) groups is 1. The van der Waals surface area contributed by atoms with Gasteiger partial charge in [-0.1, -0.05) is 72.4 Å². The van der Waals surface area contributed by atoms with Crippen LogP contribution in [0.4, 0.5) is 0 Å².